The molecule has 0 aliphatic carbocycles. The summed E-state index contributed by atoms with van der Waals surface area (Å²) in [6, 6.07) is 4.43. The van der Waals surface area contributed by atoms with Crippen molar-refractivity contribution in [1.29, 1.82) is 0 Å². The Kier molecular flexibility index (Phi) is 2.07. The van der Waals surface area contributed by atoms with Crippen molar-refractivity contribution < 1.29 is 9.41 Å². The van der Waals surface area contributed by atoms with Crippen LogP contribution in [0.4, 0.5) is 4.39 Å². The summed E-state index contributed by atoms with van der Waals surface area (Å²) in [5, 5.41) is 8.51. The summed E-state index contributed by atoms with van der Waals surface area (Å²) >= 11 is 0. The molecule has 1 radical (unpaired) electrons. The maximum atomic E-state index is 12.5. The van der Waals surface area contributed by atoms with Gasteiger partial charge in [-0.1, -0.05) is 17.6 Å². The van der Waals surface area contributed by atoms with Crippen LogP contribution in [0.5, 0.6) is 0 Å². The molecule has 0 fully saturated rings. The molecule has 1 rings (SSSR count). The molecule has 0 bridgehead atoms. The Hall–Kier alpha value is -0.825. The number of benzene rings is 1. The molecule has 1 aromatic rings. The molecule has 3 heteroatoms. The molecule has 0 aliphatic heterocycles. The fourth-order valence-electron chi connectivity index (χ4n) is 0.748. The average Bonchev–Trinajstić information content (AvgIpc) is 1.95. The van der Waals surface area contributed by atoms with E-state index in [2.05, 4.69) is 0 Å². The van der Waals surface area contributed by atoms with Crippen LogP contribution in [-0.2, 0) is 0 Å². The Morgan fingerprint density at radius 3 is 2.70 bits per heavy atom. The third-order valence-corrected chi connectivity index (χ3v) is 1.33. The lowest BCUT2D eigenvalue weighted by molar-refractivity contribution is 0.612. The fourth-order valence-corrected chi connectivity index (χ4v) is 0.748. The fraction of sp³-hybridized carbons (Fsp3) is 0.143. The summed E-state index contributed by atoms with van der Waals surface area (Å²) in [4.78, 5) is 0. The number of hydrogen-bond donors (Lipinski definition) is 1. The van der Waals surface area contributed by atoms with Crippen molar-refractivity contribution in [2.75, 3.05) is 0 Å². The predicted molar refractivity (Wildman–Crippen MR) is 38.7 cm³/mol. The largest absolute Gasteiger partial charge is 0.450 e. The number of aryl methyl sites for hydroxylation is 1. The minimum atomic E-state index is -0.245. The van der Waals surface area contributed by atoms with Crippen molar-refractivity contribution in [1.82, 2.24) is 0 Å². The van der Waals surface area contributed by atoms with E-state index < -0.39 is 0 Å². The van der Waals surface area contributed by atoms with Gasteiger partial charge in [0.05, 0.1) is 0 Å². The first-order valence-corrected chi connectivity index (χ1v) is 2.97. The van der Waals surface area contributed by atoms with Gasteiger partial charge in [-0.05, 0) is 18.6 Å². The highest BCUT2D eigenvalue weighted by molar-refractivity contribution is 6.45. The van der Waals surface area contributed by atoms with Gasteiger partial charge in [0, 0.05) is 0 Å². The van der Waals surface area contributed by atoms with E-state index in [1.54, 1.807) is 13.0 Å². The minimum absolute atomic E-state index is 0.245. The average molecular weight is 137 g/mol. The van der Waals surface area contributed by atoms with E-state index in [1.165, 1.54) is 12.1 Å². The maximum Gasteiger partial charge on any atom is 0.326 e. The molecule has 0 saturated heterocycles. The van der Waals surface area contributed by atoms with Crippen molar-refractivity contribution in [3.05, 3.63) is 29.6 Å². The molecule has 1 nitrogen and oxygen atoms in total. The molecule has 0 atom stereocenters. The molecule has 10 heavy (non-hydrogen) atoms. The van der Waals surface area contributed by atoms with Gasteiger partial charge < -0.3 is 5.02 Å². The first-order valence-electron chi connectivity index (χ1n) is 2.97. The molecule has 51 valence electrons. The zero-order valence-electron chi connectivity index (χ0n) is 5.63. The van der Waals surface area contributed by atoms with E-state index in [1.807, 2.05) is 0 Å². The molecule has 1 N–H and O–H groups in total. The SMILES string of the molecule is Cc1cc([B]O)ccc1F. The predicted octanol–water partition coefficient (Wildman–Crippen LogP) is 0.371. The van der Waals surface area contributed by atoms with Crippen LogP contribution < -0.4 is 5.46 Å². The van der Waals surface area contributed by atoms with Crippen LogP contribution >= 0.6 is 0 Å². The monoisotopic (exact) mass is 137 g/mol. The second kappa shape index (κ2) is 2.84. The lowest BCUT2D eigenvalue weighted by Gasteiger charge is -1.96. The van der Waals surface area contributed by atoms with Crippen LogP contribution in [0.1, 0.15) is 5.56 Å². The zero-order valence-corrected chi connectivity index (χ0v) is 5.63. The summed E-state index contributed by atoms with van der Waals surface area (Å²) < 4.78 is 12.5. The van der Waals surface area contributed by atoms with Crippen LogP contribution in [-0.4, -0.2) is 12.5 Å². The number of halogens is 1. The van der Waals surface area contributed by atoms with Gasteiger partial charge in [0.2, 0.25) is 0 Å². The topological polar surface area (TPSA) is 20.2 Å². The van der Waals surface area contributed by atoms with Crippen LogP contribution in [0.2, 0.25) is 0 Å². The van der Waals surface area contributed by atoms with E-state index in [-0.39, 0.29) is 5.82 Å². The van der Waals surface area contributed by atoms with Crippen molar-refractivity contribution in [2.45, 2.75) is 6.92 Å². The van der Waals surface area contributed by atoms with E-state index >= 15 is 0 Å². The van der Waals surface area contributed by atoms with Gasteiger partial charge in [-0.25, -0.2) is 4.39 Å². The van der Waals surface area contributed by atoms with Crippen LogP contribution in [0.3, 0.4) is 0 Å². The lowest BCUT2D eigenvalue weighted by Crippen LogP contribution is -2.13. The second-order valence-corrected chi connectivity index (χ2v) is 2.14. The van der Waals surface area contributed by atoms with E-state index in [0.29, 0.717) is 11.0 Å². The Labute approximate surface area is 59.8 Å². The highest BCUT2D eigenvalue weighted by atomic mass is 19.1. The number of hydrogen-bond acceptors (Lipinski definition) is 1. The molecule has 0 aliphatic rings. The first kappa shape index (κ1) is 7.28. The quantitative estimate of drug-likeness (QED) is 0.554. The standard InChI is InChI=1S/C7H7BFO/c1-5-4-6(8-10)2-3-7(5)9/h2-4,10H,1H3. The van der Waals surface area contributed by atoms with Gasteiger partial charge in [-0.3, -0.25) is 0 Å². The normalized spacial score (nSPS) is 9.50. The van der Waals surface area contributed by atoms with E-state index in [4.69, 9.17) is 5.02 Å². The van der Waals surface area contributed by atoms with Crippen LogP contribution in [0, 0.1) is 12.7 Å². The summed E-state index contributed by atoms with van der Waals surface area (Å²) in [7, 11) is 0.951. The Balaban J connectivity index is 3.04. The van der Waals surface area contributed by atoms with Gasteiger partial charge in [-0.15, -0.1) is 0 Å². The van der Waals surface area contributed by atoms with Crippen LogP contribution in [0.15, 0.2) is 18.2 Å². The molecule has 0 amide bonds. The van der Waals surface area contributed by atoms with Gasteiger partial charge >= 0.3 is 7.48 Å². The van der Waals surface area contributed by atoms with E-state index in [9.17, 15) is 4.39 Å². The molecule has 0 aromatic heterocycles. The van der Waals surface area contributed by atoms with Crippen molar-refractivity contribution in [3.63, 3.8) is 0 Å². The smallest absolute Gasteiger partial charge is 0.326 e. The van der Waals surface area contributed by atoms with Crippen LogP contribution in [0.25, 0.3) is 0 Å². The second-order valence-electron chi connectivity index (χ2n) is 2.14. The minimum Gasteiger partial charge on any atom is -0.450 e. The summed E-state index contributed by atoms with van der Waals surface area (Å²) in [6.45, 7) is 1.66. The third kappa shape index (κ3) is 1.36. The van der Waals surface area contributed by atoms with Gasteiger partial charge in [0.1, 0.15) is 5.82 Å². The highest BCUT2D eigenvalue weighted by Crippen LogP contribution is 2.00. The molecule has 0 spiro atoms. The van der Waals surface area contributed by atoms with Gasteiger partial charge in [0.25, 0.3) is 0 Å². The molecule has 0 unspecified atom stereocenters. The van der Waals surface area contributed by atoms with Gasteiger partial charge in [-0.2, -0.15) is 0 Å². The van der Waals surface area contributed by atoms with Crippen molar-refractivity contribution >= 4 is 12.9 Å². The molecule has 0 heterocycles. The molecule has 0 saturated carbocycles. The Morgan fingerprint density at radius 2 is 2.20 bits per heavy atom. The molecular weight excluding hydrogens is 130 g/mol. The third-order valence-electron chi connectivity index (χ3n) is 1.33. The van der Waals surface area contributed by atoms with Gasteiger partial charge in [0.15, 0.2) is 0 Å². The summed E-state index contributed by atoms with van der Waals surface area (Å²) in [5.74, 6) is -0.245. The first-order chi connectivity index (χ1) is 4.74. The summed E-state index contributed by atoms with van der Waals surface area (Å²) in [6.07, 6.45) is 0. The number of rotatable bonds is 1. The van der Waals surface area contributed by atoms with E-state index in [0.717, 1.165) is 7.48 Å². The highest BCUT2D eigenvalue weighted by Gasteiger charge is 1.97. The van der Waals surface area contributed by atoms with Crippen molar-refractivity contribution in [3.8, 4) is 0 Å². The molecule has 1 aromatic carbocycles. The maximum absolute atomic E-state index is 12.5. The Morgan fingerprint density at radius 1 is 1.50 bits per heavy atom. The molecular formula is C7H7BFO. The zero-order chi connectivity index (χ0) is 7.56. The lowest BCUT2D eigenvalue weighted by atomic mass is 9.88. The van der Waals surface area contributed by atoms with Crippen molar-refractivity contribution in [2.24, 2.45) is 0 Å². The summed E-state index contributed by atoms with van der Waals surface area (Å²) in [5.41, 5.74) is 1.17. The Bertz CT molecular complexity index is 237.